The summed E-state index contributed by atoms with van der Waals surface area (Å²) in [5.41, 5.74) is 8.20. The number of aromatic nitrogens is 2. The molecule has 0 aliphatic carbocycles. The Labute approximate surface area is 99.7 Å². The Balaban J connectivity index is 1.80. The zero-order valence-corrected chi connectivity index (χ0v) is 9.61. The monoisotopic (exact) mass is 233 g/mol. The van der Waals surface area contributed by atoms with Crippen molar-refractivity contribution >= 4 is 5.95 Å². The second-order valence-electron chi connectivity index (χ2n) is 3.83. The number of nitrogens with zero attached hydrogens (tertiary/aromatic N) is 7. The molecule has 2 heterocycles. The Morgan fingerprint density at radius 2 is 1.94 bits per heavy atom. The summed E-state index contributed by atoms with van der Waals surface area (Å²) in [5.74, 6) is 0.794. The number of hydrogen-bond acceptors (Lipinski definition) is 5. The summed E-state index contributed by atoms with van der Waals surface area (Å²) in [6.45, 7) is 5.12. The number of hydrogen-bond donors (Lipinski definition) is 0. The van der Waals surface area contributed by atoms with E-state index in [0.29, 0.717) is 6.54 Å². The molecular formula is C10H15N7. The van der Waals surface area contributed by atoms with Crippen LogP contribution in [-0.2, 0) is 0 Å². The molecule has 17 heavy (non-hydrogen) atoms. The molecule has 1 fully saturated rings. The zero-order chi connectivity index (χ0) is 11.9. The third-order valence-electron chi connectivity index (χ3n) is 2.79. The third kappa shape index (κ3) is 3.30. The molecule has 90 valence electrons. The average molecular weight is 233 g/mol. The van der Waals surface area contributed by atoms with E-state index in [4.69, 9.17) is 5.53 Å². The van der Waals surface area contributed by atoms with Crippen LogP contribution in [0.5, 0.6) is 0 Å². The summed E-state index contributed by atoms with van der Waals surface area (Å²) in [4.78, 5) is 15.7. The lowest BCUT2D eigenvalue weighted by Gasteiger charge is -2.34. The highest BCUT2D eigenvalue weighted by atomic mass is 15.3. The van der Waals surface area contributed by atoms with Gasteiger partial charge in [0.1, 0.15) is 0 Å². The maximum Gasteiger partial charge on any atom is 0.225 e. The van der Waals surface area contributed by atoms with Crippen LogP contribution in [-0.4, -0.2) is 54.1 Å². The molecule has 1 aliphatic rings. The standard InChI is InChI=1S/C10H15N7/c11-15-14-4-5-16-6-8-17(9-7-16)10-12-2-1-3-13-10/h1-3H,4-9H2. The van der Waals surface area contributed by atoms with Crippen LogP contribution in [0.4, 0.5) is 5.95 Å². The van der Waals surface area contributed by atoms with E-state index < -0.39 is 0 Å². The summed E-state index contributed by atoms with van der Waals surface area (Å²) >= 11 is 0. The van der Waals surface area contributed by atoms with Gasteiger partial charge in [0.25, 0.3) is 0 Å². The normalized spacial score (nSPS) is 16.6. The van der Waals surface area contributed by atoms with Gasteiger partial charge in [0.2, 0.25) is 5.95 Å². The van der Waals surface area contributed by atoms with E-state index in [2.05, 4.69) is 29.8 Å². The van der Waals surface area contributed by atoms with Gasteiger partial charge in [0.15, 0.2) is 0 Å². The fourth-order valence-electron chi connectivity index (χ4n) is 1.86. The third-order valence-corrected chi connectivity index (χ3v) is 2.79. The Morgan fingerprint density at radius 3 is 2.59 bits per heavy atom. The van der Waals surface area contributed by atoms with Crippen LogP contribution in [0.1, 0.15) is 0 Å². The molecule has 1 aromatic heterocycles. The van der Waals surface area contributed by atoms with Crippen LogP contribution in [0.3, 0.4) is 0 Å². The summed E-state index contributed by atoms with van der Waals surface area (Å²) in [5, 5.41) is 3.54. The maximum atomic E-state index is 8.20. The largest absolute Gasteiger partial charge is 0.338 e. The molecular weight excluding hydrogens is 218 g/mol. The van der Waals surface area contributed by atoms with Gasteiger partial charge < -0.3 is 4.90 Å². The topological polar surface area (TPSA) is 81.0 Å². The van der Waals surface area contributed by atoms with Gasteiger partial charge in [-0.05, 0) is 11.6 Å². The minimum absolute atomic E-state index is 0.540. The Hall–Kier alpha value is -1.85. The lowest BCUT2D eigenvalue weighted by atomic mass is 10.3. The van der Waals surface area contributed by atoms with Crippen LogP contribution < -0.4 is 4.90 Å². The van der Waals surface area contributed by atoms with Gasteiger partial charge >= 0.3 is 0 Å². The van der Waals surface area contributed by atoms with Crippen LogP contribution in [0.25, 0.3) is 10.4 Å². The lowest BCUT2D eigenvalue weighted by Crippen LogP contribution is -2.47. The first kappa shape index (κ1) is 11.6. The summed E-state index contributed by atoms with van der Waals surface area (Å²) in [7, 11) is 0. The van der Waals surface area contributed by atoms with Gasteiger partial charge in [-0.25, -0.2) is 9.97 Å². The second kappa shape index (κ2) is 6.03. The van der Waals surface area contributed by atoms with Gasteiger partial charge in [0, 0.05) is 56.6 Å². The Bertz CT molecular complexity index is 379. The molecule has 0 atom stereocenters. The van der Waals surface area contributed by atoms with E-state index >= 15 is 0 Å². The molecule has 0 aromatic carbocycles. The van der Waals surface area contributed by atoms with E-state index in [9.17, 15) is 0 Å². The van der Waals surface area contributed by atoms with Gasteiger partial charge in [0.05, 0.1) is 0 Å². The smallest absolute Gasteiger partial charge is 0.225 e. The summed E-state index contributed by atoms with van der Waals surface area (Å²) in [6.07, 6.45) is 3.52. The maximum absolute atomic E-state index is 8.20. The first-order chi connectivity index (χ1) is 8.40. The molecule has 7 heteroatoms. The highest BCUT2D eigenvalue weighted by molar-refractivity contribution is 5.29. The van der Waals surface area contributed by atoms with E-state index in [-0.39, 0.29) is 0 Å². The molecule has 0 bridgehead atoms. The Morgan fingerprint density at radius 1 is 1.24 bits per heavy atom. The molecule has 0 saturated carbocycles. The molecule has 0 unspecified atom stereocenters. The minimum Gasteiger partial charge on any atom is -0.338 e. The molecule has 1 aromatic rings. The molecule has 2 rings (SSSR count). The van der Waals surface area contributed by atoms with E-state index in [1.807, 2.05) is 6.07 Å². The second-order valence-corrected chi connectivity index (χ2v) is 3.83. The van der Waals surface area contributed by atoms with Crippen LogP contribution in [0, 0.1) is 0 Å². The van der Waals surface area contributed by atoms with Gasteiger partial charge in [-0.1, -0.05) is 5.11 Å². The number of azide groups is 1. The molecule has 0 radical (unpaired) electrons. The van der Waals surface area contributed by atoms with Crippen LogP contribution >= 0.6 is 0 Å². The van der Waals surface area contributed by atoms with Crippen molar-refractivity contribution in [1.82, 2.24) is 14.9 Å². The zero-order valence-electron chi connectivity index (χ0n) is 9.61. The lowest BCUT2D eigenvalue weighted by molar-refractivity contribution is 0.263. The van der Waals surface area contributed by atoms with Crippen molar-refractivity contribution in [1.29, 1.82) is 0 Å². The number of rotatable bonds is 4. The molecule has 1 aliphatic heterocycles. The highest BCUT2D eigenvalue weighted by Crippen LogP contribution is 2.09. The minimum atomic E-state index is 0.540. The van der Waals surface area contributed by atoms with Gasteiger partial charge in [-0.3, -0.25) is 4.90 Å². The fourth-order valence-corrected chi connectivity index (χ4v) is 1.86. The first-order valence-corrected chi connectivity index (χ1v) is 5.65. The van der Waals surface area contributed by atoms with E-state index in [0.717, 1.165) is 38.7 Å². The van der Waals surface area contributed by atoms with Crippen LogP contribution in [0.15, 0.2) is 23.6 Å². The predicted molar refractivity (Wildman–Crippen MR) is 64.7 cm³/mol. The van der Waals surface area contributed by atoms with Crippen molar-refractivity contribution in [3.63, 3.8) is 0 Å². The first-order valence-electron chi connectivity index (χ1n) is 5.65. The van der Waals surface area contributed by atoms with Crippen molar-refractivity contribution in [2.24, 2.45) is 5.11 Å². The SMILES string of the molecule is [N-]=[N+]=NCCN1CCN(c2ncccn2)CC1. The van der Waals surface area contributed by atoms with Crippen LogP contribution in [0.2, 0.25) is 0 Å². The van der Waals surface area contributed by atoms with Crippen molar-refractivity contribution < 1.29 is 0 Å². The number of piperazine rings is 1. The van der Waals surface area contributed by atoms with Crippen molar-refractivity contribution in [2.45, 2.75) is 0 Å². The molecule has 1 saturated heterocycles. The quantitative estimate of drug-likeness (QED) is 0.439. The molecule has 0 N–H and O–H groups in total. The van der Waals surface area contributed by atoms with Crippen molar-refractivity contribution in [2.75, 3.05) is 44.2 Å². The predicted octanol–water partition coefficient (Wildman–Crippen LogP) is 0.909. The Kier molecular flexibility index (Phi) is 4.12. The van der Waals surface area contributed by atoms with E-state index in [1.165, 1.54) is 0 Å². The highest BCUT2D eigenvalue weighted by Gasteiger charge is 2.17. The van der Waals surface area contributed by atoms with Gasteiger partial charge in [-0.15, -0.1) is 0 Å². The molecule has 0 amide bonds. The average Bonchev–Trinajstić information content (AvgIpc) is 2.41. The van der Waals surface area contributed by atoms with E-state index in [1.54, 1.807) is 12.4 Å². The van der Waals surface area contributed by atoms with Crippen molar-refractivity contribution in [3.8, 4) is 0 Å². The van der Waals surface area contributed by atoms with Gasteiger partial charge in [-0.2, -0.15) is 0 Å². The van der Waals surface area contributed by atoms with Crippen molar-refractivity contribution in [3.05, 3.63) is 28.9 Å². The molecule has 0 spiro atoms. The summed E-state index contributed by atoms with van der Waals surface area (Å²) < 4.78 is 0. The number of anilines is 1. The summed E-state index contributed by atoms with van der Waals surface area (Å²) in [6, 6.07) is 1.82. The molecule has 7 nitrogen and oxygen atoms in total. The fraction of sp³-hybridized carbons (Fsp3) is 0.600.